The van der Waals surface area contributed by atoms with Gasteiger partial charge in [0.25, 0.3) is 5.91 Å². The Morgan fingerprint density at radius 2 is 1.77 bits per heavy atom. The second-order valence-corrected chi connectivity index (χ2v) is 6.59. The average molecular weight is 383 g/mol. The minimum atomic E-state index is -0.0363. The fourth-order valence-electron chi connectivity index (χ4n) is 2.84. The molecule has 1 heterocycles. The zero-order valence-corrected chi connectivity index (χ0v) is 16.0. The fraction of sp³-hybridized carbons (Fsp3) is 0.579. The molecular weight excluding hydrogens is 356 g/mol. The molecule has 6 nitrogen and oxygen atoms in total. The zero-order chi connectivity index (χ0) is 18.8. The Morgan fingerprint density at radius 3 is 2.35 bits per heavy atom. The van der Waals surface area contributed by atoms with Crippen LogP contribution in [0.1, 0.15) is 32.6 Å². The number of nitrogens with one attached hydrogen (secondary N) is 1. The summed E-state index contributed by atoms with van der Waals surface area (Å²) in [6, 6.07) is 7.36. The number of rotatable bonds is 9. The van der Waals surface area contributed by atoms with Gasteiger partial charge in [-0.1, -0.05) is 0 Å². The van der Waals surface area contributed by atoms with E-state index in [0.29, 0.717) is 44.2 Å². The second kappa shape index (κ2) is 10.9. The van der Waals surface area contributed by atoms with Crippen molar-refractivity contribution < 1.29 is 19.1 Å². The normalized spacial score (nSPS) is 14.8. The molecule has 1 saturated heterocycles. The number of benzene rings is 1. The number of carbonyl (C=O) groups excluding carboxylic acids is 2. The van der Waals surface area contributed by atoms with Crippen molar-refractivity contribution >= 4 is 23.4 Å². The second-order valence-electron chi connectivity index (χ2n) is 6.21. The van der Waals surface area contributed by atoms with Gasteiger partial charge in [0.05, 0.1) is 6.61 Å². The van der Waals surface area contributed by atoms with Gasteiger partial charge in [0.2, 0.25) is 5.91 Å². The molecule has 1 aromatic carbocycles. The van der Waals surface area contributed by atoms with Gasteiger partial charge < -0.3 is 19.7 Å². The molecule has 1 aromatic rings. The molecule has 26 heavy (non-hydrogen) atoms. The fourth-order valence-corrected chi connectivity index (χ4v) is 2.97. The van der Waals surface area contributed by atoms with Crippen LogP contribution in [0.15, 0.2) is 24.3 Å². The van der Waals surface area contributed by atoms with Crippen molar-refractivity contribution in [3.63, 3.8) is 0 Å². The first-order chi connectivity index (χ1) is 12.6. The lowest BCUT2D eigenvalue weighted by molar-refractivity contribution is -0.134. The Morgan fingerprint density at radius 1 is 1.15 bits per heavy atom. The maximum Gasteiger partial charge on any atom is 0.260 e. The number of piperidine rings is 1. The monoisotopic (exact) mass is 382 g/mol. The van der Waals surface area contributed by atoms with E-state index in [1.165, 1.54) is 0 Å². The highest BCUT2D eigenvalue weighted by atomic mass is 35.5. The number of likely N-dealkylation sites (tertiary alicyclic amines) is 1. The van der Waals surface area contributed by atoms with Crippen LogP contribution in [0.25, 0.3) is 0 Å². The van der Waals surface area contributed by atoms with Gasteiger partial charge in [-0.15, -0.1) is 11.6 Å². The van der Waals surface area contributed by atoms with Gasteiger partial charge in [-0.3, -0.25) is 9.59 Å². The van der Waals surface area contributed by atoms with Crippen molar-refractivity contribution in [1.82, 2.24) is 10.2 Å². The van der Waals surface area contributed by atoms with E-state index in [2.05, 4.69) is 5.32 Å². The van der Waals surface area contributed by atoms with Gasteiger partial charge in [-0.2, -0.15) is 0 Å². The van der Waals surface area contributed by atoms with Crippen molar-refractivity contribution in [2.75, 3.05) is 32.2 Å². The lowest BCUT2D eigenvalue weighted by Crippen LogP contribution is -2.47. The molecule has 2 rings (SSSR count). The predicted octanol–water partition coefficient (Wildman–Crippen LogP) is 2.59. The van der Waals surface area contributed by atoms with Crippen molar-refractivity contribution in [2.24, 2.45) is 0 Å². The van der Waals surface area contributed by atoms with E-state index >= 15 is 0 Å². The summed E-state index contributed by atoms with van der Waals surface area (Å²) in [5.74, 6) is 1.92. The van der Waals surface area contributed by atoms with Crippen LogP contribution in [0.4, 0.5) is 0 Å². The third-order valence-electron chi connectivity index (χ3n) is 4.25. The summed E-state index contributed by atoms with van der Waals surface area (Å²) in [5, 5.41) is 3.01. The molecule has 0 saturated carbocycles. The summed E-state index contributed by atoms with van der Waals surface area (Å²) < 4.78 is 10.9. The Hall–Kier alpha value is -1.95. The van der Waals surface area contributed by atoms with Gasteiger partial charge in [0.1, 0.15) is 11.5 Å². The molecule has 144 valence electrons. The number of nitrogens with zero attached hydrogens (tertiary/aromatic N) is 1. The van der Waals surface area contributed by atoms with E-state index in [4.69, 9.17) is 21.1 Å². The van der Waals surface area contributed by atoms with E-state index in [-0.39, 0.29) is 24.5 Å². The van der Waals surface area contributed by atoms with Crippen LogP contribution in [0.2, 0.25) is 0 Å². The number of halogens is 1. The van der Waals surface area contributed by atoms with Gasteiger partial charge >= 0.3 is 0 Å². The molecule has 1 N–H and O–H groups in total. The average Bonchev–Trinajstić information content (AvgIpc) is 2.66. The van der Waals surface area contributed by atoms with Crippen LogP contribution in [0.5, 0.6) is 11.5 Å². The molecule has 0 atom stereocenters. The third kappa shape index (κ3) is 6.75. The van der Waals surface area contributed by atoms with E-state index in [0.717, 1.165) is 18.6 Å². The maximum atomic E-state index is 12.3. The van der Waals surface area contributed by atoms with Crippen molar-refractivity contribution in [2.45, 2.75) is 38.6 Å². The molecule has 1 aliphatic heterocycles. The lowest BCUT2D eigenvalue weighted by Gasteiger charge is -2.32. The van der Waals surface area contributed by atoms with Crippen LogP contribution < -0.4 is 14.8 Å². The standard InChI is InChI=1S/C19H27ClN2O4/c1-2-25-16-5-7-17(8-6-16)26-14-19(24)22-12-9-15(10-13-22)21-18(23)4-3-11-20/h5-8,15H,2-4,9-14H2,1H3,(H,21,23). The molecule has 2 amide bonds. The van der Waals surface area contributed by atoms with E-state index in [9.17, 15) is 9.59 Å². The molecule has 0 aliphatic carbocycles. The van der Waals surface area contributed by atoms with Crippen LogP contribution in [-0.4, -0.2) is 54.9 Å². The van der Waals surface area contributed by atoms with Gasteiger partial charge in [-0.05, 0) is 50.5 Å². The minimum absolute atomic E-state index is 0.0146. The van der Waals surface area contributed by atoms with Crippen molar-refractivity contribution in [3.8, 4) is 11.5 Å². The molecule has 0 radical (unpaired) electrons. The highest BCUT2D eigenvalue weighted by Gasteiger charge is 2.23. The topological polar surface area (TPSA) is 67.9 Å². The third-order valence-corrected chi connectivity index (χ3v) is 4.51. The van der Waals surface area contributed by atoms with Crippen molar-refractivity contribution in [1.29, 1.82) is 0 Å². The zero-order valence-electron chi connectivity index (χ0n) is 15.2. The summed E-state index contributed by atoms with van der Waals surface area (Å²) in [6.07, 6.45) is 2.68. The molecule has 0 aromatic heterocycles. The summed E-state index contributed by atoms with van der Waals surface area (Å²) in [7, 11) is 0. The number of amides is 2. The van der Waals surface area contributed by atoms with Gasteiger partial charge in [-0.25, -0.2) is 0 Å². The van der Waals surface area contributed by atoms with Gasteiger partial charge in [0, 0.05) is 31.4 Å². The quantitative estimate of drug-likeness (QED) is 0.666. The van der Waals surface area contributed by atoms with Crippen molar-refractivity contribution in [3.05, 3.63) is 24.3 Å². The predicted molar refractivity (Wildman–Crippen MR) is 101 cm³/mol. The summed E-state index contributed by atoms with van der Waals surface area (Å²) >= 11 is 5.60. The molecule has 0 spiro atoms. The molecule has 1 aliphatic rings. The van der Waals surface area contributed by atoms with Gasteiger partial charge in [0.15, 0.2) is 6.61 Å². The van der Waals surface area contributed by atoms with Crippen LogP contribution in [0.3, 0.4) is 0 Å². The SMILES string of the molecule is CCOc1ccc(OCC(=O)N2CCC(NC(=O)CCCCl)CC2)cc1. The number of ether oxygens (including phenoxy) is 2. The smallest absolute Gasteiger partial charge is 0.260 e. The van der Waals surface area contributed by atoms with E-state index < -0.39 is 0 Å². The first-order valence-electron chi connectivity index (χ1n) is 9.11. The van der Waals surface area contributed by atoms with E-state index in [1.54, 1.807) is 17.0 Å². The highest BCUT2D eigenvalue weighted by molar-refractivity contribution is 6.17. The summed E-state index contributed by atoms with van der Waals surface area (Å²) in [5.41, 5.74) is 0. The van der Waals surface area contributed by atoms with Crippen LogP contribution in [-0.2, 0) is 9.59 Å². The summed E-state index contributed by atoms with van der Waals surface area (Å²) in [6.45, 7) is 3.82. The van der Waals surface area contributed by atoms with Crippen LogP contribution in [0, 0.1) is 0 Å². The summed E-state index contributed by atoms with van der Waals surface area (Å²) in [4.78, 5) is 25.8. The Bertz CT molecular complexity index is 571. The number of hydrogen-bond acceptors (Lipinski definition) is 4. The lowest BCUT2D eigenvalue weighted by atomic mass is 10.0. The number of alkyl halides is 1. The molecular formula is C19H27ClN2O4. The number of carbonyl (C=O) groups is 2. The first-order valence-corrected chi connectivity index (χ1v) is 9.64. The molecule has 0 bridgehead atoms. The Labute approximate surface area is 159 Å². The minimum Gasteiger partial charge on any atom is -0.494 e. The number of hydrogen-bond donors (Lipinski definition) is 1. The Balaban J connectivity index is 1.68. The van der Waals surface area contributed by atoms with E-state index in [1.807, 2.05) is 19.1 Å². The molecule has 0 unspecified atom stereocenters. The molecule has 7 heteroatoms. The first kappa shape index (κ1) is 20.4. The Kier molecular flexibility index (Phi) is 8.54. The highest BCUT2D eigenvalue weighted by Crippen LogP contribution is 2.18. The van der Waals surface area contributed by atoms with Crippen LogP contribution >= 0.6 is 11.6 Å². The maximum absolute atomic E-state index is 12.3. The largest absolute Gasteiger partial charge is 0.494 e. The molecule has 1 fully saturated rings.